The number of carboxylic acids is 1. The van der Waals surface area contributed by atoms with Gasteiger partial charge >= 0.3 is 5.97 Å². The number of likely N-dealkylation sites (tertiary alicyclic amines) is 1. The van der Waals surface area contributed by atoms with Crippen molar-refractivity contribution in [2.24, 2.45) is 5.92 Å². The molecule has 1 unspecified atom stereocenters. The summed E-state index contributed by atoms with van der Waals surface area (Å²) in [6.45, 7) is 3.51. The van der Waals surface area contributed by atoms with Crippen molar-refractivity contribution in [2.75, 3.05) is 27.3 Å². The van der Waals surface area contributed by atoms with Crippen LogP contribution < -0.4 is 9.47 Å². The second kappa shape index (κ2) is 8.44. The van der Waals surface area contributed by atoms with Gasteiger partial charge in [-0.15, -0.1) is 0 Å². The number of carbonyl (C=O) groups is 1. The molecule has 1 fully saturated rings. The molecule has 2 aromatic rings. The molecular formula is C22H27NO4. The summed E-state index contributed by atoms with van der Waals surface area (Å²) in [5, 5.41) is 9.33. The normalized spacial score (nSPS) is 16.7. The molecule has 0 spiro atoms. The van der Waals surface area contributed by atoms with Crippen molar-refractivity contribution < 1.29 is 19.4 Å². The van der Waals surface area contributed by atoms with Crippen LogP contribution in [0.15, 0.2) is 42.5 Å². The van der Waals surface area contributed by atoms with E-state index in [0.717, 1.165) is 35.7 Å². The minimum absolute atomic E-state index is 0.0496. The molecular weight excluding hydrogens is 342 g/mol. The molecule has 1 aliphatic heterocycles. The number of methoxy groups -OCH3 is 2. The van der Waals surface area contributed by atoms with E-state index in [4.69, 9.17) is 9.47 Å². The summed E-state index contributed by atoms with van der Waals surface area (Å²) in [6, 6.07) is 14.2. The lowest BCUT2D eigenvalue weighted by atomic mass is 9.90. The van der Waals surface area contributed by atoms with Crippen molar-refractivity contribution in [3.8, 4) is 11.5 Å². The number of rotatable bonds is 6. The van der Waals surface area contributed by atoms with Crippen molar-refractivity contribution in [3.63, 3.8) is 0 Å². The van der Waals surface area contributed by atoms with Gasteiger partial charge in [-0.1, -0.05) is 35.9 Å². The number of aliphatic carboxylic acids is 1. The number of piperidine rings is 1. The van der Waals surface area contributed by atoms with Crippen LogP contribution in [0.5, 0.6) is 11.5 Å². The molecule has 2 aromatic carbocycles. The highest BCUT2D eigenvalue weighted by atomic mass is 16.5. The maximum atomic E-state index is 11.4. The Hall–Kier alpha value is -2.53. The van der Waals surface area contributed by atoms with Gasteiger partial charge in [-0.3, -0.25) is 9.69 Å². The van der Waals surface area contributed by atoms with Crippen molar-refractivity contribution in [1.29, 1.82) is 0 Å². The Kier molecular flexibility index (Phi) is 6.01. The third-order valence-corrected chi connectivity index (χ3v) is 5.38. The lowest BCUT2D eigenvalue weighted by Gasteiger charge is -2.38. The Morgan fingerprint density at radius 2 is 1.59 bits per heavy atom. The Morgan fingerprint density at radius 1 is 1.04 bits per heavy atom. The molecule has 144 valence electrons. The SMILES string of the molecule is COc1cccc(OC)c1C(c1ccc(C)cc1)N1CCC(C(=O)O)CC1. The summed E-state index contributed by atoms with van der Waals surface area (Å²) in [4.78, 5) is 13.7. The lowest BCUT2D eigenvalue weighted by molar-refractivity contribution is -0.143. The predicted molar refractivity (Wildman–Crippen MR) is 105 cm³/mol. The molecule has 0 amide bonds. The van der Waals surface area contributed by atoms with Gasteiger partial charge in [-0.2, -0.15) is 0 Å². The van der Waals surface area contributed by atoms with Gasteiger partial charge in [0.15, 0.2) is 0 Å². The van der Waals surface area contributed by atoms with Crippen LogP contribution in [0.1, 0.15) is 35.6 Å². The van der Waals surface area contributed by atoms with E-state index in [2.05, 4.69) is 36.1 Å². The third kappa shape index (κ3) is 4.08. The van der Waals surface area contributed by atoms with E-state index in [1.807, 2.05) is 18.2 Å². The van der Waals surface area contributed by atoms with Gasteiger partial charge in [0.2, 0.25) is 0 Å². The Balaban J connectivity index is 2.04. The fourth-order valence-electron chi connectivity index (χ4n) is 3.86. The number of hydrogen-bond donors (Lipinski definition) is 1. The first-order chi connectivity index (χ1) is 13.0. The summed E-state index contributed by atoms with van der Waals surface area (Å²) in [7, 11) is 3.34. The first-order valence-corrected chi connectivity index (χ1v) is 9.29. The number of nitrogens with zero attached hydrogens (tertiary/aromatic N) is 1. The standard InChI is InChI=1S/C22H27NO4/c1-15-7-9-16(10-8-15)21(23-13-11-17(12-14-23)22(24)25)20-18(26-2)5-4-6-19(20)27-3/h4-10,17,21H,11-14H2,1-3H3,(H,24,25). The largest absolute Gasteiger partial charge is 0.496 e. The molecule has 1 atom stereocenters. The highest BCUT2D eigenvalue weighted by molar-refractivity contribution is 5.70. The van der Waals surface area contributed by atoms with Crippen molar-refractivity contribution in [2.45, 2.75) is 25.8 Å². The molecule has 3 rings (SSSR count). The molecule has 0 bridgehead atoms. The smallest absolute Gasteiger partial charge is 0.306 e. The van der Waals surface area contributed by atoms with Crippen LogP contribution in [0.25, 0.3) is 0 Å². The Labute approximate surface area is 160 Å². The Morgan fingerprint density at radius 3 is 2.07 bits per heavy atom. The second-order valence-corrected chi connectivity index (χ2v) is 7.04. The van der Waals surface area contributed by atoms with Crippen LogP contribution in [0.3, 0.4) is 0 Å². The van der Waals surface area contributed by atoms with Gasteiger partial charge in [-0.25, -0.2) is 0 Å². The van der Waals surface area contributed by atoms with Gasteiger partial charge in [-0.05, 0) is 50.6 Å². The average Bonchev–Trinajstić information content (AvgIpc) is 2.70. The molecule has 0 aromatic heterocycles. The second-order valence-electron chi connectivity index (χ2n) is 7.04. The monoisotopic (exact) mass is 369 g/mol. The number of aryl methyl sites for hydroxylation is 1. The lowest BCUT2D eigenvalue weighted by Crippen LogP contribution is -2.39. The van der Waals surface area contributed by atoms with Crippen molar-refractivity contribution in [1.82, 2.24) is 4.90 Å². The van der Waals surface area contributed by atoms with E-state index in [9.17, 15) is 9.90 Å². The van der Waals surface area contributed by atoms with E-state index in [-0.39, 0.29) is 12.0 Å². The maximum Gasteiger partial charge on any atom is 0.306 e. The zero-order valence-electron chi connectivity index (χ0n) is 16.1. The van der Waals surface area contributed by atoms with Crippen LogP contribution >= 0.6 is 0 Å². The van der Waals surface area contributed by atoms with E-state index in [1.54, 1.807) is 14.2 Å². The maximum absolute atomic E-state index is 11.4. The minimum Gasteiger partial charge on any atom is -0.496 e. The van der Waals surface area contributed by atoms with Gasteiger partial charge < -0.3 is 14.6 Å². The van der Waals surface area contributed by atoms with E-state index in [1.165, 1.54) is 5.56 Å². The molecule has 1 aliphatic rings. The average molecular weight is 369 g/mol. The molecule has 1 heterocycles. The number of hydrogen-bond acceptors (Lipinski definition) is 4. The first kappa shape index (κ1) is 19.2. The zero-order chi connectivity index (χ0) is 19.4. The van der Waals surface area contributed by atoms with Crippen molar-refractivity contribution in [3.05, 3.63) is 59.2 Å². The molecule has 1 N–H and O–H groups in total. The van der Waals surface area contributed by atoms with Crippen LogP contribution in [0.2, 0.25) is 0 Å². The Bertz CT molecular complexity index is 757. The highest BCUT2D eigenvalue weighted by Gasteiger charge is 2.33. The fourth-order valence-corrected chi connectivity index (χ4v) is 3.86. The van der Waals surface area contributed by atoms with Gasteiger partial charge in [0, 0.05) is 0 Å². The number of carboxylic acid groups (broad SMARTS) is 1. The summed E-state index contributed by atoms with van der Waals surface area (Å²) in [5.41, 5.74) is 3.34. The quantitative estimate of drug-likeness (QED) is 0.837. The first-order valence-electron chi connectivity index (χ1n) is 9.29. The van der Waals surface area contributed by atoms with Crippen molar-refractivity contribution >= 4 is 5.97 Å². The zero-order valence-corrected chi connectivity index (χ0v) is 16.1. The summed E-state index contributed by atoms with van der Waals surface area (Å²) in [6.07, 6.45) is 1.30. The minimum atomic E-state index is -0.698. The number of benzene rings is 2. The summed E-state index contributed by atoms with van der Waals surface area (Å²) >= 11 is 0. The van der Waals surface area contributed by atoms with Gasteiger partial charge in [0.1, 0.15) is 11.5 Å². The van der Waals surface area contributed by atoms with Crippen LogP contribution in [-0.4, -0.2) is 43.3 Å². The summed E-state index contributed by atoms with van der Waals surface area (Å²) < 4.78 is 11.3. The third-order valence-electron chi connectivity index (χ3n) is 5.38. The van der Waals surface area contributed by atoms with Crippen LogP contribution in [0, 0.1) is 12.8 Å². The number of ether oxygens (including phenoxy) is 2. The van der Waals surface area contributed by atoms with Crippen LogP contribution in [0.4, 0.5) is 0 Å². The fraction of sp³-hybridized carbons (Fsp3) is 0.409. The highest BCUT2D eigenvalue weighted by Crippen LogP contribution is 2.42. The van der Waals surface area contributed by atoms with E-state index in [0.29, 0.717) is 12.8 Å². The topological polar surface area (TPSA) is 59.0 Å². The van der Waals surface area contributed by atoms with Gasteiger partial charge in [0.25, 0.3) is 0 Å². The van der Waals surface area contributed by atoms with Crippen LogP contribution in [-0.2, 0) is 4.79 Å². The molecule has 5 nitrogen and oxygen atoms in total. The molecule has 5 heteroatoms. The molecule has 0 aliphatic carbocycles. The van der Waals surface area contributed by atoms with Gasteiger partial charge in [0.05, 0.1) is 31.7 Å². The summed E-state index contributed by atoms with van der Waals surface area (Å²) in [5.74, 6) is 0.594. The van der Waals surface area contributed by atoms with E-state index >= 15 is 0 Å². The predicted octanol–water partition coefficient (Wildman–Crippen LogP) is 3.90. The molecule has 1 saturated heterocycles. The molecule has 27 heavy (non-hydrogen) atoms. The molecule has 0 saturated carbocycles. The van der Waals surface area contributed by atoms with E-state index < -0.39 is 5.97 Å². The molecule has 0 radical (unpaired) electrons.